The van der Waals surface area contributed by atoms with Gasteiger partial charge in [0, 0.05) is 18.0 Å². The lowest BCUT2D eigenvalue weighted by Gasteiger charge is -2.09. The summed E-state index contributed by atoms with van der Waals surface area (Å²) in [5.41, 5.74) is 0.502. The molecule has 74 valence electrons. The number of hydrogen-bond donors (Lipinski definition) is 1. The second kappa shape index (κ2) is 2.80. The monoisotopic (exact) mass is 189 g/mol. The molecule has 2 saturated carbocycles. The second-order valence-corrected chi connectivity index (χ2v) is 4.56. The van der Waals surface area contributed by atoms with E-state index in [4.69, 9.17) is 0 Å². The molecule has 1 N–H and O–H groups in total. The molecule has 2 nitrogen and oxygen atoms in total. The van der Waals surface area contributed by atoms with E-state index in [0.29, 0.717) is 11.8 Å². The van der Waals surface area contributed by atoms with Crippen molar-refractivity contribution < 1.29 is 5.11 Å². The van der Waals surface area contributed by atoms with Crippen LogP contribution in [0.4, 0.5) is 0 Å². The Kier molecular flexibility index (Phi) is 1.68. The molecule has 3 rings (SSSR count). The fourth-order valence-corrected chi connectivity index (χ4v) is 3.12. The molecule has 1 aromatic rings. The fourth-order valence-electron chi connectivity index (χ4n) is 3.12. The highest BCUT2D eigenvalue weighted by molar-refractivity contribution is 5.30. The molecule has 2 aliphatic carbocycles. The number of aromatic nitrogens is 1. The summed E-state index contributed by atoms with van der Waals surface area (Å²) in [6.07, 6.45) is 8.52. The summed E-state index contributed by atoms with van der Waals surface area (Å²) in [7, 11) is 0. The van der Waals surface area contributed by atoms with E-state index in [9.17, 15) is 5.11 Å². The van der Waals surface area contributed by atoms with Gasteiger partial charge >= 0.3 is 0 Å². The first-order chi connectivity index (χ1) is 6.83. The van der Waals surface area contributed by atoms with Gasteiger partial charge in [0.1, 0.15) is 0 Å². The Morgan fingerprint density at radius 3 is 2.57 bits per heavy atom. The van der Waals surface area contributed by atoms with Gasteiger partial charge in [-0.15, -0.1) is 0 Å². The minimum absolute atomic E-state index is 0.514. The largest absolute Gasteiger partial charge is 0.385 e. The molecule has 2 atom stereocenters. The van der Waals surface area contributed by atoms with Gasteiger partial charge < -0.3 is 5.11 Å². The number of pyridine rings is 1. The summed E-state index contributed by atoms with van der Waals surface area (Å²) in [6, 6.07) is 3.92. The summed E-state index contributed by atoms with van der Waals surface area (Å²) < 4.78 is 0. The number of fused-ring (bicyclic) bond motifs is 1. The van der Waals surface area contributed by atoms with Crippen LogP contribution >= 0.6 is 0 Å². The predicted octanol–water partition coefficient (Wildman–Crippen LogP) is 2.09. The Labute approximate surface area is 84.0 Å². The quantitative estimate of drug-likeness (QED) is 0.733. The molecule has 2 fully saturated rings. The Balaban J connectivity index is 1.92. The van der Waals surface area contributed by atoms with Gasteiger partial charge in [-0.05, 0) is 30.7 Å². The zero-order valence-corrected chi connectivity index (χ0v) is 8.19. The van der Waals surface area contributed by atoms with Crippen LogP contribution in [0.1, 0.15) is 31.2 Å². The van der Waals surface area contributed by atoms with Crippen molar-refractivity contribution >= 4 is 0 Å². The van der Waals surface area contributed by atoms with E-state index in [1.165, 1.54) is 25.7 Å². The van der Waals surface area contributed by atoms with Crippen molar-refractivity contribution in [1.29, 1.82) is 0 Å². The second-order valence-electron chi connectivity index (χ2n) is 4.56. The summed E-state index contributed by atoms with van der Waals surface area (Å²) >= 11 is 0. The van der Waals surface area contributed by atoms with Gasteiger partial charge in [0.15, 0.2) is 0 Å². The van der Waals surface area contributed by atoms with Crippen LogP contribution < -0.4 is 0 Å². The van der Waals surface area contributed by atoms with E-state index in [2.05, 4.69) is 4.98 Å². The van der Waals surface area contributed by atoms with E-state index < -0.39 is 5.60 Å². The molecule has 0 amide bonds. The molecule has 0 radical (unpaired) electrons. The highest BCUT2D eigenvalue weighted by Crippen LogP contribution is 2.64. The van der Waals surface area contributed by atoms with Gasteiger partial charge in [0.05, 0.1) is 5.60 Å². The molecule has 1 heterocycles. The lowest BCUT2D eigenvalue weighted by molar-refractivity contribution is 0.117. The zero-order valence-electron chi connectivity index (χ0n) is 8.19. The van der Waals surface area contributed by atoms with Crippen LogP contribution in [0.5, 0.6) is 0 Å². The molecule has 0 aliphatic heterocycles. The van der Waals surface area contributed by atoms with Gasteiger partial charge in [-0.25, -0.2) is 0 Å². The van der Waals surface area contributed by atoms with Crippen molar-refractivity contribution in [3.8, 4) is 0 Å². The molecular formula is C12H15NO. The molecule has 0 aromatic carbocycles. The van der Waals surface area contributed by atoms with Crippen LogP contribution in [0.15, 0.2) is 24.5 Å². The van der Waals surface area contributed by atoms with E-state index in [1.807, 2.05) is 18.3 Å². The Morgan fingerprint density at radius 1 is 1.29 bits per heavy atom. The lowest BCUT2D eigenvalue weighted by atomic mass is 10.0. The van der Waals surface area contributed by atoms with Crippen molar-refractivity contribution in [2.45, 2.75) is 31.3 Å². The van der Waals surface area contributed by atoms with E-state index >= 15 is 0 Å². The van der Waals surface area contributed by atoms with Gasteiger partial charge in [0.25, 0.3) is 0 Å². The number of aliphatic hydroxyl groups is 1. The molecule has 2 heteroatoms. The van der Waals surface area contributed by atoms with E-state index in [1.54, 1.807) is 6.20 Å². The third kappa shape index (κ3) is 0.976. The topological polar surface area (TPSA) is 33.1 Å². The van der Waals surface area contributed by atoms with Crippen LogP contribution in [0, 0.1) is 11.8 Å². The molecule has 2 aliphatic rings. The Hall–Kier alpha value is -0.890. The Morgan fingerprint density at radius 2 is 2.00 bits per heavy atom. The van der Waals surface area contributed by atoms with E-state index in [0.717, 1.165) is 5.56 Å². The van der Waals surface area contributed by atoms with Crippen LogP contribution in [-0.2, 0) is 5.60 Å². The van der Waals surface area contributed by atoms with Crippen molar-refractivity contribution in [3.05, 3.63) is 30.1 Å². The first-order valence-electron chi connectivity index (χ1n) is 5.46. The maximum Gasteiger partial charge on any atom is 0.0975 e. The number of nitrogens with zero attached hydrogens (tertiary/aromatic N) is 1. The average molecular weight is 189 g/mol. The molecule has 1 aromatic heterocycles. The molecule has 0 bridgehead atoms. The summed E-state index contributed by atoms with van der Waals surface area (Å²) in [6.45, 7) is 0. The fraction of sp³-hybridized carbons (Fsp3) is 0.583. The maximum atomic E-state index is 10.5. The minimum Gasteiger partial charge on any atom is -0.385 e. The third-order valence-corrected chi connectivity index (χ3v) is 3.91. The highest BCUT2D eigenvalue weighted by atomic mass is 16.3. The smallest absolute Gasteiger partial charge is 0.0975 e. The van der Waals surface area contributed by atoms with Gasteiger partial charge in [0.2, 0.25) is 0 Å². The molecule has 2 unspecified atom stereocenters. The van der Waals surface area contributed by atoms with Crippen molar-refractivity contribution in [1.82, 2.24) is 4.98 Å². The Bertz CT molecular complexity index is 323. The first-order valence-corrected chi connectivity index (χ1v) is 5.46. The molecule has 0 spiro atoms. The van der Waals surface area contributed by atoms with Crippen molar-refractivity contribution in [2.75, 3.05) is 0 Å². The maximum absolute atomic E-state index is 10.5. The highest BCUT2D eigenvalue weighted by Gasteiger charge is 2.64. The molecule has 0 saturated heterocycles. The predicted molar refractivity (Wildman–Crippen MR) is 53.6 cm³/mol. The van der Waals surface area contributed by atoms with Crippen LogP contribution in [0.3, 0.4) is 0 Å². The summed E-state index contributed by atoms with van der Waals surface area (Å²) in [5.74, 6) is 1.03. The van der Waals surface area contributed by atoms with Gasteiger partial charge in [-0.3, -0.25) is 4.98 Å². The van der Waals surface area contributed by atoms with Crippen molar-refractivity contribution in [3.63, 3.8) is 0 Å². The van der Waals surface area contributed by atoms with Gasteiger partial charge in [-0.2, -0.15) is 0 Å². The van der Waals surface area contributed by atoms with Crippen LogP contribution in [-0.4, -0.2) is 10.1 Å². The first kappa shape index (κ1) is 8.42. The van der Waals surface area contributed by atoms with Crippen LogP contribution in [0.25, 0.3) is 0 Å². The zero-order chi connectivity index (χ0) is 9.60. The number of hydrogen-bond acceptors (Lipinski definition) is 2. The SMILES string of the molecule is OC1(c2cccnc2)C2CCCCC21. The van der Waals surface area contributed by atoms with Crippen LogP contribution in [0.2, 0.25) is 0 Å². The van der Waals surface area contributed by atoms with Gasteiger partial charge in [-0.1, -0.05) is 18.9 Å². The normalized spacial score (nSPS) is 40.4. The standard InChI is InChI=1S/C12H15NO/c14-12(9-4-3-7-13-8-9)10-5-1-2-6-11(10)12/h3-4,7-8,10-11,14H,1-2,5-6H2. The number of rotatable bonds is 1. The minimum atomic E-state index is -0.523. The van der Waals surface area contributed by atoms with E-state index in [-0.39, 0.29) is 0 Å². The summed E-state index contributed by atoms with van der Waals surface area (Å²) in [5, 5.41) is 10.5. The third-order valence-electron chi connectivity index (χ3n) is 3.91. The molecule has 14 heavy (non-hydrogen) atoms. The average Bonchev–Trinajstić information content (AvgIpc) is 2.89. The summed E-state index contributed by atoms with van der Waals surface area (Å²) in [4.78, 5) is 4.09. The lowest BCUT2D eigenvalue weighted by Crippen LogP contribution is -2.10. The van der Waals surface area contributed by atoms with Crippen molar-refractivity contribution in [2.24, 2.45) is 11.8 Å². The molecular weight excluding hydrogens is 174 g/mol.